The van der Waals surface area contributed by atoms with E-state index in [2.05, 4.69) is 24.3 Å². The third kappa shape index (κ3) is 2.05. The van der Waals surface area contributed by atoms with Gasteiger partial charge in [-0.05, 0) is 11.1 Å². The Morgan fingerprint density at radius 1 is 0.786 bits per heavy atom. The highest BCUT2D eigenvalue weighted by Gasteiger charge is 2.77. The predicted molar refractivity (Wildman–Crippen MR) is 108 cm³/mol. The molecule has 2 saturated heterocycles. The minimum Gasteiger partial charge on any atom is -0.196 e. The van der Waals surface area contributed by atoms with Crippen LogP contribution in [0.25, 0.3) is 0 Å². The molecule has 134 valence electrons. The van der Waals surface area contributed by atoms with Crippen molar-refractivity contribution in [2.45, 2.75) is 15.2 Å². The van der Waals surface area contributed by atoms with Crippen molar-refractivity contribution in [3.8, 4) is 24.3 Å². The summed E-state index contributed by atoms with van der Waals surface area (Å²) in [5.41, 5.74) is -1.99. The van der Waals surface area contributed by atoms with E-state index in [1.54, 1.807) is 11.8 Å². The van der Waals surface area contributed by atoms with Crippen molar-refractivity contribution in [3.63, 3.8) is 0 Å². The molecule has 2 fully saturated rings. The highest BCUT2D eigenvalue weighted by Crippen LogP contribution is 2.77. The molecule has 0 spiro atoms. The van der Waals surface area contributed by atoms with Crippen molar-refractivity contribution < 1.29 is 0 Å². The minimum atomic E-state index is -1.83. The van der Waals surface area contributed by atoms with Gasteiger partial charge in [0.05, 0.1) is 24.3 Å². The topological polar surface area (TPSA) is 95.2 Å². The molecule has 2 aromatic rings. The Bertz CT molecular complexity index is 1040. The molecule has 4 nitrogen and oxygen atoms in total. The monoisotopic (exact) mass is 398 g/mol. The van der Waals surface area contributed by atoms with Gasteiger partial charge in [0.2, 0.25) is 5.41 Å². The van der Waals surface area contributed by atoms with Crippen LogP contribution in [-0.4, -0.2) is 11.0 Å². The van der Waals surface area contributed by atoms with E-state index in [9.17, 15) is 21.0 Å². The second-order valence-electron chi connectivity index (χ2n) is 6.84. The van der Waals surface area contributed by atoms with E-state index in [-0.39, 0.29) is 5.25 Å². The van der Waals surface area contributed by atoms with Crippen LogP contribution in [0.4, 0.5) is 0 Å². The SMILES string of the molecule is N#CC1(C#N)C(c2ccccc2)C2CSC(c3ccccc3)(S2)C1(C#N)C#N. The highest BCUT2D eigenvalue weighted by molar-refractivity contribution is 8.21. The first-order valence-electron chi connectivity index (χ1n) is 8.72. The summed E-state index contributed by atoms with van der Waals surface area (Å²) in [4.78, 5) is 0. The first-order valence-corrected chi connectivity index (χ1v) is 10.6. The van der Waals surface area contributed by atoms with E-state index in [0.29, 0.717) is 5.75 Å². The van der Waals surface area contributed by atoms with Crippen LogP contribution in [0.2, 0.25) is 0 Å². The molecule has 2 aromatic carbocycles. The van der Waals surface area contributed by atoms with E-state index >= 15 is 0 Å². The Hall–Kier alpha value is -2.90. The van der Waals surface area contributed by atoms with Gasteiger partial charge in [0.1, 0.15) is 4.08 Å². The number of nitriles is 4. The van der Waals surface area contributed by atoms with Crippen LogP contribution in [0.5, 0.6) is 0 Å². The van der Waals surface area contributed by atoms with Crippen molar-refractivity contribution in [1.82, 2.24) is 0 Å². The molecule has 0 amide bonds. The van der Waals surface area contributed by atoms with E-state index in [1.807, 2.05) is 60.7 Å². The summed E-state index contributed by atoms with van der Waals surface area (Å²) in [6.07, 6.45) is 0. The first kappa shape index (κ1) is 18.5. The average molecular weight is 399 g/mol. The number of benzene rings is 2. The molecule has 3 unspecified atom stereocenters. The molecule has 2 aliphatic heterocycles. The zero-order valence-corrected chi connectivity index (χ0v) is 16.4. The quantitative estimate of drug-likeness (QED) is 0.736. The van der Waals surface area contributed by atoms with Crippen molar-refractivity contribution in [1.29, 1.82) is 21.0 Å². The molecule has 4 rings (SSSR count). The number of thioether (sulfide) groups is 2. The fourth-order valence-corrected chi connectivity index (χ4v) is 8.76. The van der Waals surface area contributed by atoms with Crippen LogP contribution in [0.15, 0.2) is 60.7 Å². The second kappa shape index (κ2) is 6.61. The smallest absolute Gasteiger partial charge is 0.196 e. The molecule has 2 bridgehead atoms. The Balaban J connectivity index is 2.06. The maximum absolute atomic E-state index is 10.3. The van der Waals surface area contributed by atoms with Gasteiger partial charge in [-0.3, -0.25) is 0 Å². The lowest BCUT2D eigenvalue weighted by Gasteiger charge is -2.51. The molecular formula is C22H14N4S2. The molecule has 2 heterocycles. The number of hydrogen-bond donors (Lipinski definition) is 0. The van der Waals surface area contributed by atoms with Crippen LogP contribution >= 0.6 is 23.5 Å². The maximum Gasteiger partial charge on any atom is 0.203 e. The van der Waals surface area contributed by atoms with Gasteiger partial charge >= 0.3 is 0 Å². The summed E-state index contributed by atoms with van der Waals surface area (Å²) in [6, 6.07) is 27.4. The fraction of sp³-hybridized carbons (Fsp3) is 0.273. The van der Waals surface area contributed by atoms with Gasteiger partial charge in [-0.15, -0.1) is 23.5 Å². The van der Waals surface area contributed by atoms with Crippen LogP contribution in [0, 0.1) is 56.2 Å². The van der Waals surface area contributed by atoms with Crippen LogP contribution in [0.3, 0.4) is 0 Å². The summed E-state index contributed by atoms with van der Waals surface area (Å²) in [6.45, 7) is 0. The van der Waals surface area contributed by atoms with Crippen molar-refractivity contribution in [2.24, 2.45) is 10.8 Å². The summed E-state index contributed by atoms with van der Waals surface area (Å²) in [5, 5.41) is 41.2. The van der Waals surface area contributed by atoms with Crippen LogP contribution in [-0.2, 0) is 4.08 Å². The number of nitrogens with zero attached hydrogens (tertiary/aromatic N) is 4. The van der Waals surface area contributed by atoms with Crippen LogP contribution < -0.4 is 0 Å². The first-order chi connectivity index (χ1) is 13.6. The molecule has 0 radical (unpaired) electrons. The Morgan fingerprint density at radius 3 is 1.89 bits per heavy atom. The summed E-state index contributed by atoms with van der Waals surface area (Å²) in [7, 11) is 0. The molecular weight excluding hydrogens is 384 g/mol. The van der Waals surface area contributed by atoms with Crippen LogP contribution in [0.1, 0.15) is 17.0 Å². The largest absolute Gasteiger partial charge is 0.203 e. The van der Waals surface area contributed by atoms with Crippen molar-refractivity contribution in [2.75, 3.05) is 5.75 Å². The van der Waals surface area contributed by atoms with E-state index in [0.717, 1.165) is 11.1 Å². The Kier molecular flexibility index (Phi) is 4.36. The van der Waals surface area contributed by atoms with Gasteiger partial charge in [0.15, 0.2) is 5.41 Å². The van der Waals surface area contributed by atoms with Crippen molar-refractivity contribution >= 4 is 23.5 Å². The minimum absolute atomic E-state index is 0.0540. The molecule has 0 aromatic heterocycles. The van der Waals surface area contributed by atoms with Gasteiger partial charge in [-0.1, -0.05) is 60.7 Å². The van der Waals surface area contributed by atoms with E-state index < -0.39 is 20.8 Å². The summed E-state index contributed by atoms with van der Waals surface area (Å²) >= 11 is 3.08. The lowest BCUT2D eigenvalue weighted by Crippen LogP contribution is -2.57. The normalized spacial score (nSPS) is 28.9. The zero-order valence-electron chi connectivity index (χ0n) is 14.7. The molecule has 28 heavy (non-hydrogen) atoms. The second-order valence-corrected chi connectivity index (χ2v) is 9.79. The standard InChI is InChI=1S/C22H14N4S2/c23-12-20(13-24)19(16-7-3-1-4-8-16)18-11-27-22(28-18,21(20,14-25)15-26)17-9-5-2-6-10-17/h1-10,18-19H,11H2. The number of rotatable bonds is 2. The fourth-order valence-electron chi connectivity index (χ4n) is 4.44. The number of fused-ring (bicyclic) bond motifs is 2. The highest BCUT2D eigenvalue weighted by atomic mass is 32.2. The lowest BCUT2D eigenvalue weighted by atomic mass is 9.55. The lowest BCUT2D eigenvalue weighted by molar-refractivity contribution is 0.216. The predicted octanol–water partition coefficient (Wildman–Crippen LogP) is 4.55. The summed E-state index contributed by atoms with van der Waals surface area (Å²) < 4.78 is -0.987. The van der Waals surface area contributed by atoms with Gasteiger partial charge in [-0.25, -0.2) is 0 Å². The molecule has 3 atom stereocenters. The van der Waals surface area contributed by atoms with Crippen molar-refractivity contribution in [3.05, 3.63) is 71.8 Å². The van der Waals surface area contributed by atoms with Gasteiger partial charge < -0.3 is 0 Å². The van der Waals surface area contributed by atoms with Gasteiger partial charge in [-0.2, -0.15) is 21.0 Å². The maximum atomic E-state index is 10.3. The zero-order chi connectivity index (χ0) is 19.8. The molecule has 0 N–H and O–H groups in total. The molecule has 2 aliphatic rings. The van der Waals surface area contributed by atoms with E-state index in [4.69, 9.17) is 0 Å². The molecule has 6 heteroatoms. The number of hydrogen-bond acceptors (Lipinski definition) is 6. The third-order valence-corrected chi connectivity index (χ3v) is 9.64. The molecule has 0 aliphatic carbocycles. The molecule has 0 saturated carbocycles. The van der Waals surface area contributed by atoms with Gasteiger partial charge in [0.25, 0.3) is 0 Å². The Morgan fingerprint density at radius 2 is 1.36 bits per heavy atom. The average Bonchev–Trinajstić information content (AvgIpc) is 3.17. The third-order valence-electron chi connectivity index (χ3n) is 5.69. The van der Waals surface area contributed by atoms with Gasteiger partial charge in [0, 0.05) is 16.9 Å². The summed E-state index contributed by atoms with van der Waals surface area (Å²) in [5.74, 6) is 0.134. The van der Waals surface area contributed by atoms with E-state index in [1.165, 1.54) is 11.8 Å². The Labute approximate surface area is 172 Å².